The Labute approximate surface area is 68.8 Å². The maximum Gasteiger partial charge on any atom is 1.00 e. The van der Waals surface area contributed by atoms with Gasteiger partial charge in [-0.2, -0.15) is 0 Å². The van der Waals surface area contributed by atoms with Gasteiger partial charge in [0.1, 0.15) is 0 Å². The van der Waals surface area contributed by atoms with Gasteiger partial charge in [0.15, 0.2) is 0 Å². The normalized spacial score (nSPS) is 25.7. The Hall–Kier alpha value is 1.19. The predicted molar refractivity (Wildman–Crippen MR) is 20.3 cm³/mol. The third-order valence-corrected chi connectivity index (χ3v) is 1.50. The summed E-state index contributed by atoms with van der Waals surface area (Å²) in [5, 5.41) is 0. The van der Waals surface area contributed by atoms with E-state index in [9.17, 15) is 0 Å². The van der Waals surface area contributed by atoms with Crippen LogP contribution in [0.25, 0.3) is 0 Å². The maximum atomic E-state index is 1.79. The summed E-state index contributed by atoms with van der Waals surface area (Å²) in [5.74, 6) is 3.58. The van der Waals surface area contributed by atoms with E-state index in [-0.39, 0.29) is 37.7 Å². The summed E-state index contributed by atoms with van der Waals surface area (Å²) in [6.07, 6.45) is 4.25. The number of hydrogen-bond acceptors (Lipinski definition) is 0. The van der Waals surface area contributed by atoms with Crippen molar-refractivity contribution in [2.75, 3.05) is 0 Å². The molecule has 3 aliphatic carbocycles. The zero-order valence-corrected chi connectivity index (χ0v) is 5.12. The van der Waals surface area contributed by atoms with Crippen molar-refractivity contribution in [1.82, 2.24) is 0 Å². The molecule has 0 nitrogen and oxygen atoms in total. The molecule has 0 heterocycles. The van der Waals surface area contributed by atoms with Crippen molar-refractivity contribution in [3.8, 4) is 0 Å². The molecule has 0 saturated heterocycles. The van der Waals surface area contributed by atoms with Gasteiger partial charge in [0.25, 0.3) is 0 Å². The molecule has 0 spiro atoms. The third kappa shape index (κ3) is 1.12. The minimum atomic E-state index is 0. The molecule has 3 fully saturated rings. The molecule has 0 atom stereocenters. The second-order valence-electron chi connectivity index (χ2n) is 2.03. The third-order valence-electron chi connectivity index (χ3n) is 1.50. The summed E-state index contributed by atoms with van der Waals surface area (Å²) in [6, 6.07) is 0. The zero-order chi connectivity index (χ0) is 3.28. The molecule has 3 saturated carbocycles. The van der Waals surface area contributed by atoms with Crippen LogP contribution >= 0.6 is 0 Å². The molecule has 0 aromatic rings. The first kappa shape index (κ1) is 8.19. The van der Waals surface area contributed by atoms with E-state index in [1.54, 1.807) is 11.8 Å². The van der Waals surface area contributed by atoms with Gasteiger partial charge in [-0.1, -0.05) is 0 Å². The molecule has 0 aromatic carbocycles. The summed E-state index contributed by atoms with van der Waals surface area (Å²) in [4.78, 5) is 0. The Bertz CT molecular complexity index is 42.8. The second-order valence-corrected chi connectivity index (χ2v) is 2.03. The van der Waals surface area contributed by atoms with Crippen LogP contribution < -0.4 is 37.7 Å². The molecule has 0 aromatic heterocycles. The molecule has 2 bridgehead atoms. The van der Waals surface area contributed by atoms with Crippen molar-refractivity contribution in [3.05, 3.63) is 11.8 Å². The van der Waals surface area contributed by atoms with E-state index in [2.05, 4.69) is 0 Å². The van der Waals surface area contributed by atoms with Crippen LogP contribution in [0.4, 0.5) is 0 Å². The van der Waals surface area contributed by atoms with E-state index in [4.69, 9.17) is 0 Å². The molecule has 0 N–H and O–H groups in total. The molecule has 3 rings (SSSR count). The summed E-state index contributed by atoms with van der Waals surface area (Å²) in [6.45, 7) is 0. The van der Waals surface area contributed by atoms with Crippen LogP contribution in [-0.2, 0) is 0 Å². The summed E-state index contributed by atoms with van der Waals surface area (Å²) >= 11 is 0. The first-order valence-electron chi connectivity index (χ1n) is 2.12. The van der Waals surface area contributed by atoms with Crippen LogP contribution in [0.3, 0.4) is 0 Å². The van der Waals surface area contributed by atoms with Crippen molar-refractivity contribution in [1.29, 1.82) is 0 Å². The minimum Gasteiger partial charge on any atom is -0.400 e. The van der Waals surface area contributed by atoms with Gasteiger partial charge in [0.05, 0.1) is 0 Å². The Kier molecular flexibility index (Phi) is 3.11. The van der Waals surface area contributed by atoms with Gasteiger partial charge in [0, 0.05) is 0 Å². The molecular weight excluding hydrogens is 73.9 g/mol. The van der Waals surface area contributed by atoms with E-state index in [1.807, 2.05) is 0 Å². The van der Waals surface area contributed by atoms with Crippen LogP contribution in [0.1, 0.15) is 19.3 Å². The van der Waals surface area contributed by atoms with E-state index < -0.39 is 0 Å². The Morgan fingerprint density at radius 1 is 0.714 bits per heavy atom. The van der Waals surface area contributed by atoms with E-state index >= 15 is 0 Å². The van der Waals surface area contributed by atoms with Gasteiger partial charge in [0.2, 0.25) is 0 Å². The maximum absolute atomic E-state index is 1.79. The van der Waals surface area contributed by atoms with Crippen molar-refractivity contribution in [3.63, 3.8) is 0 Å². The van der Waals surface area contributed by atoms with Gasteiger partial charge in [-0.25, -0.2) is 0 Å². The van der Waals surface area contributed by atoms with Gasteiger partial charge < -0.3 is 31.1 Å². The van der Waals surface area contributed by atoms with Gasteiger partial charge in [-0.15, -0.1) is 0 Å². The fraction of sp³-hybridized carbons (Fsp3) is 0.600. The van der Waals surface area contributed by atoms with Crippen molar-refractivity contribution >= 4 is 0 Å². The summed E-state index contributed by atoms with van der Waals surface area (Å²) in [5.41, 5.74) is 0. The number of rotatable bonds is 0. The molecule has 2 heteroatoms. The molecule has 0 amide bonds. The summed E-state index contributed by atoms with van der Waals surface area (Å²) < 4.78 is 0. The summed E-state index contributed by atoms with van der Waals surface area (Å²) in [7, 11) is 0. The minimum absolute atomic E-state index is 0. The van der Waals surface area contributed by atoms with E-state index in [0.29, 0.717) is 0 Å². The fourth-order valence-corrected chi connectivity index (χ4v) is 0.905. The monoisotopic (exact) mass is 80.1 g/mol. The quantitative estimate of drug-likeness (QED) is 0.203. The standard InChI is InChI=1S/C5H6.2Li/c1-4-2-5(1)3-4;;/h1-3H2;;/q-2;2*+1. The average Bonchev–Trinajstić information content (AvgIpc) is 0.592. The Balaban J connectivity index is 0.000000180. The molecule has 0 radical (unpaired) electrons. The molecule has 0 unspecified atom stereocenters. The molecule has 0 aliphatic heterocycles. The van der Waals surface area contributed by atoms with E-state index in [0.717, 1.165) is 0 Å². The fourth-order valence-electron chi connectivity index (χ4n) is 0.905. The zero-order valence-electron chi connectivity index (χ0n) is 5.12. The van der Waals surface area contributed by atoms with Crippen LogP contribution in [0, 0.1) is 11.8 Å². The largest absolute Gasteiger partial charge is 1.00 e. The molecule has 7 heavy (non-hydrogen) atoms. The molecule has 3 aliphatic rings. The molecule has 28 valence electrons. The smallest absolute Gasteiger partial charge is 0.400 e. The van der Waals surface area contributed by atoms with Crippen LogP contribution in [0.15, 0.2) is 0 Å². The van der Waals surface area contributed by atoms with Crippen molar-refractivity contribution in [2.24, 2.45) is 0 Å². The van der Waals surface area contributed by atoms with Crippen LogP contribution in [0.5, 0.6) is 0 Å². The topological polar surface area (TPSA) is 0 Å². The number of hydrogen-bond donors (Lipinski definition) is 0. The van der Waals surface area contributed by atoms with Crippen molar-refractivity contribution < 1.29 is 37.7 Å². The second kappa shape index (κ2) is 2.66. The Morgan fingerprint density at radius 2 is 0.857 bits per heavy atom. The van der Waals surface area contributed by atoms with E-state index in [1.165, 1.54) is 19.3 Å². The van der Waals surface area contributed by atoms with Crippen LogP contribution in [-0.4, -0.2) is 0 Å². The SMILES string of the molecule is C1[C-]2C[C-]1C2.[Li+].[Li+]. The predicted octanol–water partition coefficient (Wildman–Crippen LogP) is -4.66. The first-order valence-corrected chi connectivity index (χ1v) is 2.12. The Morgan fingerprint density at radius 3 is 0.857 bits per heavy atom. The van der Waals surface area contributed by atoms with Crippen molar-refractivity contribution in [2.45, 2.75) is 19.3 Å². The molecular formula is C5H6Li2. The van der Waals surface area contributed by atoms with Gasteiger partial charge >= 0.3 is 37.7 Å². The van der Waals surface area contributed by atoms with Gasteiger partial charge in [-0.3, -0.25) is 0 Å². The average molecular weight is 80.0 g/mol. The van der Waals surface area contributed by atoms with Gasteiger partial charge in [-0.05, 0) is 0 Å². The van der Waals surface area contributed by atoms with Crippen LogP contribution in [0.2, 0.25) is 0 Å². The first-order chi connectivity index (χ1) is 2.45.